The molecule has 0 bridgehead atoms. The summed E-state index contributed by atoms with van der Waals surface area (Å²) in [5.74, 6) is -1.03. The van der Waals surface area contributed by atoms with Crippen molar-refractivity contribution in [1.29, 1.82) is 0 Å². The summed E-state index contributed by atoms with van der Waals surface area (Å²) in [6.45, 7) is 3.64. The van der Waals surface area contributed by atoms with E-state index >= 15 is 0 Å². The highest BCUT2D eigenvalue weighted by Crippen LogP contribution is 2.32. The van der Waals surface area contributed by atoms with E-state index in [-0.39, 0.29) is 5.92 Å². The fraction of sp³-hybridized carbons (Fsp3) is 0.462. The first-order valence-corrected chi connectivity index (χ1v) is 5.52. The molecule has 0 aliphatic heterocycles. The Labute approximate surface area is 104 Å². The standard InChI is InChI=1S/C13H15F3O2/c1-8(2)11(12(17)18-3)9-4-6-10(7-5-9)13(14,15)16/h4-8,11H,1-3H3. The summed E-state index contributed by atoms with van der Waals surface area (Å²) in [5, 5.41) is 0. The van der Waals surface area contributed by atoms with Crippen LogP contribution in [0.2, 0.25) is 0 Å². The third-order valence-corrected chi connectivity index (χ3v) is 2.72. The largest absolute Gasteiger partial charge is 0.469 e. The van der Waals surface area contributed by atoms with Crippen LogP contribution in [0.1, 0.15) is 30.9 Å². The lowest BCUT2D eigenvalue weighted by Gasteiger charge is -2.19. The van der Waals surface area contributed by atoms with Gasteiger partial charge < -0.3 is 4.74 Å². The highest BCUT2D eigenvalue weighted by Gasteiger charge is 2.31. The third kappa shape index (κ3) is 3.24. The minimum absolute atomic E-state index is 0.0470. The molecule has 0 fully saturated rings. The van der Waals surface area contributed by atoms with E-state index in [1.54, 1.807) is 0 Å². The molecule has 0 aliphatic rings. The summed E-state index contributed by atoms with van der Waals surface area (Å²) >= 11 is 0. The van der Waals surface area contributed by atoms with Crippen molar-refractivity contribution in [3.8, 4) is 0 Å². The quantitative estimate of drug-likeness (QED) is 0.776. The molecule has 0 N–H and O–H groups in total. The second kappa shape index (κ2) is 5.42. The summed E-state index contributed by atoms with van der Waals surface area (Å²) < 4.78 is 41.9. The molecule has 5 heteroatoms. The van der Waals surface area contributed by atoms with Crippen molar-refractivity contribution in [2.75, 3.05) is 7.11 Å². The molecule has 0 heterocycles. The Morgan fingerprint density at radius 1 is 1.17 bits per heavy atom. The minimum atomic E-state index is -4.36. The van der Waals surface area contributed by atoms with Crippen LogP contribution in [0.4, 0.5) is 13.2 Å². The molecule has 0 aliphatic carbocycles. The van der Waals surface area contributed by atoms with Gasteiger partial charge in [-0.15, -0.1) is 0 Å². The molecular weight excluding hydrogens is 245 g/mol. The molecule has 1 unspecified atom stereocenters. The van der Waals surface area contributed by atoms with Crippen LogP contribution in [0.15, 0.2) is 24.3 Å². The second-order valence-corrected chi connectivity index (χ2v) is 4.36. The van der Waals surface area contributed by atoms with Gasteiger partial charge in [0.05, 0.1) is 18.6 Å². The lowest BCUT2D eigenvalue weighted by molar-refractivity contribution is -0.143. The lowest BCUT2D eigenvalue weighted by atomic mass is 9.88. The minimum Gasteiger partial charge on any atom is -0.469 e. The molecule has 1 aromatic carbocycles. The van der Waals surface area contributed by atoms with Crippen molar-refractivity contribution in [3.63, 3.8) is 0 Å². The molecule has 0 spiro atoms. The van der Waals surface area contributed by atoms with Crippen molar-refractivity contribution in [2.45, 2.75) is 25.9 Å². The fourth-order valence-corrected chi connectivity index (χ4v) is 1.80. The zero-order chi connectivity index (χ0) is 13.9. The van der Waals surface area contributed by atoms with Gasteiger partial charge in [0.1, 0.15) is 0 Å². The van der Waals surface area contributed by atoms with Gasteiger partial charge in [-0.3, -0.25) is 4.79 Å². The maximum absolute atomic E-state index is 12.4. The number of carbonyl (C=O) groups is 1. The predicted molar refractivity (Wildman–Crippen MR) is 61.0 cm³/mol. The number of methoxy groups -OCH3 is 1. The first-order chi connectivity index (χ1) is 8.27. The highest BCUT2D eigenvalue weighted by atomic mass is 19.4. The van der Waals surface area contributed by atoms with Crippen LogP contribution in [0, 0.1) is 5.92 Å². The number of hydrogen-bond donors (Lipinski definition) is 0. The Morgan fingerprint density at radius 3 is 2.00 bits per heavy atom. The van der Waals surface area contributed by atoms with Crippen LogP contribution in [0.5, 0.6) is 0 Å². The van der Waals surface area contributed by atoms with Gasteiger partial charge >= 0.3 is 12.1 Å². The van der Waals surface area contributed by atoms with Gasteiger partial charge in [-0.25, -0.2) is 0 Å². The molecule has 0 amide bonds. The van der Waals surface area contributed by atoms with Crippen LogP contribution >= 0.6 is 0 Å². The summed E-state index contributed by atoms with van der Waals surface area (Å²) in [6, 6.07) is 4.61. The van der Waals surface area contributed by atoms with Crippen molar-refractivity contribution in [3.05, 3.63) is 35.4 Å². The number of hydrogen-bond acceptors (Lipinski definition) is 2. The average molecular weight is 260 g/mol. The Kier molecular flexibility index (Phi) is 4.38. The second-order valence-electron chi connectivity index (χ2n) is 4.36. The Morgan fingerprint density at radius 2 is 1.67 bits per heavy atom. The zero-order valence-electron chi connectivity index (χ0n) is 10.4. The number of carbonyl (C=O) groups excluding carboxylic acids is 1. The van der Waals surface area contributed by atoms with E-state index in [9.17, 15) is 18.0 Å². The van der Waals surface area contributed by atoms with E-state index in [1.807, 2.05) is 13.8 Å². The maximum Gasteiger partial charge on any atom is 0.416 e. The first-order valence-electron chi connectivity index (χ1n) is 5.52. The average Bonchev–Trinajstić information content (AvgIpc) is 2.28. The number of halogens is 3. The fourth-order valence-electron chi connectivity index (χ4n) is 1.80. The first kappa shape index (κ1) is 14.5. The monoisotopic (exact) mass is 260 g/mol. The number of ether oxygens (including phenoxy) is 1. The predicted octanol–water partition coefficient (Wildman–Crippen LogP) is 3.62. The smallest absolute Gasteiger partial charge is 0.416 e. The summed E-state index contributed by atoms with van der Waals surface area (Å²) in [7, 11) is 1.27. The van der Waals surface area contributed by atoms with Gasteiger partial charge in [0.2, 0.25) is 0 Å². The molecule has 100 valence electrons. The lowest BCUT2D eigenvalue weighted by Crippen LogP contribution is -2.19. The van der Waals surface area contributed by atoms with E-state index in [2.05, 4.69) is 4.74 Å². The highest BCUT2D eigenvalue weighted by molar-refractivity contribution is 5.78. The Bertz CT molecular complexity index is 407. The molecule has 1 atom stereocenters. The maximum atomic E-state index is 12.4. The van der Waals surface area contributed by atoms with Gasteiger partial charge in [-0.1, -0.05) is 26.0 Å². The van der Waals surface area contributed by atoms with Gasteiger partial charge in [-0.2, -0.15) is 13.2 Å². The van der Waals surface area contributed by atoms with Crippen molar-refractivity contribution >= 4 is 5.97 Å². The van der Waals surface area contributed by atoms with E-state index in [0.717, 1.165) is 12.1 Å². The molecule has 1 rings (SSSR count). The number of alkyl halides is 3. The molecule has 18 heavy (non-hydrogen) atoms. The zero-order valence-corrected chi connectivity index (χ0v) is 10.4. The van der Waals surface area contributed by atoms with E-state index in [0.29, 0.717) is 5.56 Å². The summed E-state index contributed by atoms with van der Waals surface area (Å²) in [6.07, 6.45) is -4.36. The molecule has 1 aromatic rings. The van der Waals surface area contributed by atoms with Gasteiger partial charge in [-0.05, 0) is 23.6 Å². The number of esters is 1. The summed E-state index contributed by atoms with van der Waals surface area (Å²) in [5.41, 5.74) is -0.191. The van der Waals surface area contributed by atoms with Crippen LogP contribution in [0.25, 0.3) is 0 Å². The van der Waals surface area contributed by atoms with Crippen LogP contribution in [-0.2, 0) is 15.7 Å². The van der Waals surface area contributed by atoms with Gasteiger partial charge in [0, 0.05) is 0 Å². The van der Waals surface area contributed by atoms with Gasteiger partial charge in [0.15, 0.2) is 0 Å². The van der Waals surface area contributed by atoms with Crippen molar-refractivity contribution in [1.82, 2.24) is 0 Å². The van der Waals surface area contributed by atoms with E-state index in [1.165, 1.54) is 19.2 Å². The molecular formula is C13H15F3O2. The third-order valence-electron chi connectivity index (χ3n) is 2.72. The number of benzene rings is 1. The van der Waals surface area contributed by atoms with Crippen molar-refractivity contribution in [2.24, 2.45) is 5.92 Å². The summed E-state index contributed by atoms with van der Waals surface area (Å²) in [4.78, 5) is 11.6. The van der Waals surface area contributed by atoms with Crippen LogP contribution < -0.4 is 0 Å². The van der Waals surface area contributed by atoms with E-state index < -0.39 is 23.6 Å². The normalized spacial score (nSPS) is 13.5. The molecule has 0 saturated carbocycles. The Hall–Kier alpha value is -1.52. The van der Waals surface area contributed by atoms with Crippen LogP contribution in [0.3, 0.4) is 0 Å². The van der Waals surface area contributed by atoms with Crippen LogP contribution in [-0.4, -0.2) is 13.1 Å². The molecule has 0 saturated heterocycles. The number of rotatable bonds is 3. The topological polar surface area (TPSA) is 26.3 Å². The molecule has 0 radical (unpaired) electrons. The Balaban J connectivity index is 3.05. The molecule has 2 nitrogen and oxygen atoms in total. The molecule has 0 aromatic heterocycles. The van der Waals surface area contributed by atoms with Crippen molar-refractivity contribution < 1.29 is 22.7 Å². The van der Waals surface area contributed by atoms with Gasteiger partial charge in [0.25, 0.3) is 0 Å². The van der Waals surface area contributed by atoms with E-state index in [4.69, 9.17) is 0 Å². The SMILES string of the molecule is COC(=O)C(c1ccc(C(F)(F)F)cc1)C(C)C.